The number of ether oxygens (including phenoxy) is 1. The quantitative estimate of drug-likeness (QED) is 0.793. The first kappa shape index (κ1) is 16.8. The highest BCUT2D eigenvalue weighted by atomic mass is 35.5. The Morgan fingerprint density at radius 2 is 2.14 bits per heavy atom. The third-order valence-corrected chi connectivity index (χ3v) is 4.00. The molecule has 0 unspecified atom stereocenters. The molecular formula is C16H19ClN2O2S. The highest BCUT2D eigenvalue weighted by Crippen LogP contribution is 2.24. The lowest BCUT2D eigenvalue weighted by Gasteiger charge is -2.30. The van der Waals surface area contributed by atoms with Crippen molar-refractivity contribution >= 4 is 34.6 Å². The van der Waals surface area contributed by atoms with E-state index in [4.69, 9.17) is 33.0 Å². The topological polar surface area (TPSA) is 37.6 Å². The molecule has 118 valence electrons. The fourth-order valence-corrected chi connectivity index (χ4v) is 2.64. The molecule has 0 saturated carbocycles. The van der Waals surface area contributed by atoms with E-state index in [1.807, 2.05) is 48.2 Å². The van der Waals surface area contributed by atoms with Crippen LogP contribution in [0.25, 0.3) is 0 Å². The van der Waals surface area contributed by atoms with Gasteiger partial charge in [0.1, 0.15) is 5.76 Å². The molecule has 2 rings (SSSR count). The zero-order valence-electron chi connectivity index (χ0n) is 12.6. The van der Waals surface area contributed by atoms with Gasteiger partial charge < -0.3 is 19.4 Å². The van der Waals surface area contributed by atoms with Crippen LogP contribution < -0.4 is 5.32 Å². The number of halogens is 1. The lowest BCUT2D eigenvalue weighted by Crippen LogP contribution is -2.39. The van der Waals surface area contributed by atoms with E-state index < -0.39 is 0 Å². The second-order valence-electron chi connectivity index (χ2n) is 4.79. The van der Waals surface area contributed by atoms with E-state index in [0.29, 0.717) is 23.3 Å². The molecule has 0 fully saturated rings. The van der Waals surface area contributed by atoms with Crippen LogP contribution in [0, 0.1) is 0 Å². The standard InChI is InChI=1S/C16H19ClN2O2S/c1-12(15-8-5-10-21-15)19(9-11-20-2)16(22)18-14-7-4-3-6-13(14)17/h3-8,10,12H,9,11H2,1-2H3,(H,18,22)/t12-/m1/s1. The highest BCUT2D eigenvalue weighted by molar-refractivity contribution is 7.80. The van der Waals surface area contributed by atoms with Crippen LogP contribution in [0.5, 0.6) is 0 Å². The minimum absolute atomic E-state index is 0.00682. The summed E-state index contributed by atoms with van der Waals surface area (Å²) < 4.78 is 10.7. The molecule has 1 heterocycles. The van der Waals surface area contributed by atoms with Crippen molar-refractivity contribution in [1.29, 1.82) is 0 Å². The summed E-state index contributed by atoms with van der Waals surface area (Å²) in [6.45, 7) is 3.25. The monoisotopic (exact) mass is 338 g/mol. The van der Waals surface area contributed by atoms with Crippen molar-refractivity contribution in [1.82, 2.24) is 4.90 Å². The predicted octanol–water partition coefficient (Wildman–Crippen LogP) is 4.34. The first-order valence-corrected chi connectivity index (χ1v) is 7.76. The van der Waals surface area contributed by atoms with Crippen LogP contribution in [0.15, 0.2) is 47.1 Å². The summed E-state index contributed by atoms with van der Waals surface area (Å²) in [6, 6.07) is 11.3. The molecule has 0 aliphatic heterocycles. The molecule has 0 radical (unpaired) electrons. The van der Waals surface area contributed by atoms with Crippen molar-refractivity contribution < 1.29 is 9.15 Å². The highest BCUT2D eigenvalue weighted by Gasteiger charge is 2.21. The minimum Gasteiger partial charge on any atom is -0.467 e. The summed E-state index contributed by atoms with van der Waals surface area (Å²) in [5.74, 6) is 0.847. The summed E-state index contributed by atoms with van der Waals surface area (Å²) >= 11 is 11.7. The molecule has 1 aromatic carbocycles. The summed E-state index contributed by atoms with van der Waals surface area (Å²) in [5.41, 5.74) is 0.781. The Hall–Kier alpha value is -1.56. The number of benzene rings is 1. The van der Waals surface area contributed by atoms with Crippen LogP contribution in [0.3, 0.4) is 0 Å². The lowest BCUT2D eigenvalue weighted by molar-refractivity contribution is 0.160. The van der Waals surface area contributed by atoms with Gasteiger partial charge in [0.25, 0.3) is 0 Å². The Balaban J connectivity index is 2.14. The number of hydrogen-bond acceptors (Lipinski definition) is 3. The second-order valence-corrected chi connectivity index (χ2v) is 5.58. The van der Waals surface area contributed by atoms with Crippen LogP contribution in [0.1, 0.15) is 18.7 Å². The molecule has 0 spiro atoms. The van der Waals surface area contributed by atoms with Gasteiger partial charge in [0.15, 0.2) is 5.11 Å². The Morgan fingerprint density at radius 1 is 1.36 bits per heavy atom. The Morgan fingerprint density at radius 3 is 2.77 bits per heavy atom. The van der Waals surface area contributed by atoms with Crippen molar-refractivity contribution in [3.05, 3.63) is 53.4 Å². The molecule has 1 N–H and O–H groups in total. The number of hydrogen-bond donors (Lipinski definition) is 1. The number of para-hydroxylation sites is 1. The molecule has 22 heavy (non-hydrogen) atoms. The van der Waals surface area contributed by atoms with Crippen molar-refractivity contribution in [2.75, 3.05) is 25.6 Å². The van der Waals surface area contributed by atoms with Crippen LogP contribution in [0.2, 0.25) is 5.02 Å². The number of methoxy groups -OCH3 is 1. The van der Waals surface area contributed by atoms with E-state index in [1.165, 1.54) is 0 Å². The molecule has 0 bridgehead atoms. The van der Waals surface area contributed by atoms with Gasteiger partial charge in [-0.05, 0) is 43.4 Å². The largest absolute Gasteiger partial charge is 0.467 e. The average molecular weight is 339 g/mol. The van der Waals surface area contributed by atoms with Gasteiger partial charge in [0, 0.05) is 13.7 Å². The van der Waals surface area contributed by atoms with Crippen molar-refractivity contribution in [2.45, 2.75) is 13.0 Å². The maximum Gasteiger partial charge on any atom is 0.174 e. The summed E-state index contributed by atoms with van der Waals surface area (Å²) in [7, 11) is 1.67. The van der Waals surface area contributed by atoms with Crippen molar-refractivity contribution in [3.63, 3.8) is 0 Å². The predicted molar refractivity (Wildman–Crippen MR) is 93.4 cm³/mol. The Bertz CT molecular complexity index is 604. The fraction of sp³-hybridized carbons (Fsp3) is 0.312. The lowest BCUT2D eigenvalue weighted by atomic mass is 10.2. The number of furan rings is 1. The molecule has 1 aromatic heterocycles. The van der Waals surface area contributed by atoms with Crippen molar-refractivity contribution in [3.8, 4) is 0 Å². The van der Waals surface area contributed by atoms with E-state index in [1.54, 1.807) is 13.4 Å². The zero-order chi connectivity index (χ0) is 15.9. The summed E-state index contributed by atoms with van der Waals surface area (Å²) in [5, 5.41) is 4.40. The Labute approximate surface area is 141 Å². The SMILES string of the molecule is COCCN(C(=S)Nc1ccccc1Cl)[C@H](C)c1ccco1. The van der Waals surface area contributed by atoms with Crippen LogP contribution in [-0.2, 0) is 4.74 Å². The summed E-state index contributed by atoms with van der Waals surface area (Å²) in [6.07, 6.45) is 1.66. The molecule has 0 saturated heterocycles. The van der Waals surface area contributed by atoms with E-state index in [0.717, 1.165) is 11.4 Å². The van der Waals surface area contributed by atoms with Crippen LogP contribution in [0.4, 0.5) is 5.69 Å². The van der Waals surface area contributed by atoms with Crippen LogP contribution in [-0.4, -0.2) is 30.3 Å². The number of rotatable bonds is 6. The maximum absolute atomic E-state index is 6.17. The van der Waals surface area contributed by atoms with Crippen LogP contribution >= 0.6 is 23.8 Å². The van der Waals surface area contributed by atoms with Gasteiger partial charge in [0.05, 0.1) is 29.6 Å². The molecule has 0 aliphatic rings. The van der Waals surface area contributed by atoms with E-state index in [9.17, 15) is 0 Å². The average Bonchev–Trinajstić information content (AvgIpc) is 3.04. The normalized spacial score (nSPS) is 12.0. The third kappa shape index (κ3) is 4.22. The molecule has 1 atom stereocenters. The number of anilines is 1. The smallest absolute Gasteiger partial charge is 0.174 e. The fourth-order valence-electron chi connectivity index (χ4n) is 2.09. The van der Waals surface area contributed by atoms with Gasteiger partial charge in [0.2, 0.25) is 0 Å². The van der Waals surface area contributed by atoms with Gasteiger partial charge in [-0.1, -0.05) is 23.7 Å². The van der Waals surface area contributed by atoms with Gasteiger partial charge in [-0.3, -0.25) is 0 Å². The number of nitrogens with one attached hydrogen (secondary N) is 1. The molecule has 4 nitrogen and oxygen atoms in total. The van der Waals surface area contributed by atoms with Crippen molar-refractivity contribution in [2.24, 2.45) is 0 Å². The van der Waals surface area contributed by atoms with Gasteiger partial charge in [-0.2, -0.15) is 0 Å². The number of nitrogens with zero attached hydrogens (tertiary/aromatic N) is 1. The zero-order valence-corrected chi connectivity index (χ0v) is 14.2. The van der Waals surface area contributed by atoms with E-state index >= 15 is 0 Å². The molecule has 0 aliphatic carbocycles. The minimum atomic E-state index is -0.00682. The first-order valence-electron chi connectivity index (χ1n) is 6.98. The Kier molecular flexibility index (Phi) is 6.24. The molecule has 2 aromatic rings. The third-order valence-electron chi connectivity index (χ3n) is 3.34. The molecule has 6 heteroatoms. The molecule has 0 amide bonds. The molecular weight excluding hydrogens is 320 g/mol. The first-order chi connectivity index (χ1) is 10.6. The van der Waals surface area contributed by atoms with Gasteiger partial charge in [-0.25, -0.2) is 0 Å². The van der Waals surface area contributed by atoms with Gasteiger partial charge in [-0.15, -0.1) is 0 Å². The maximum atomic E-state index is 6.17. The van der Waals surface area contributed by atoms with E-state index in [2.05, 4.69) is 5.32 Å². The second kappa shape index (κ2) is 8.17. The van der Waals surface area contributed by atoms with Gasteiger partial charge >= 0.3 is 0 Å². The van der Waals surface area contributed by atoms with E-state index in [-0.39, 0.29) is 6.04 Å². The summed E-state index contributed by atoms with van der Waals surface area (Å²) in [4.78, 5) is 2.01. The number of thiocarbonyl (C=S) groups is 1.